The minimum Gasteiger partial charge on any atom is -0.379 e. The number of nitrogens with one attached hydrogen (secondary N) is 3. The maximum Gasteiger partial charge on any atom is 0.246 e. The van der Waals surface area contributed by atoms with Crippen LogP contribution >= 0.6 is 0 Å². The lowest BCUT2D eigenvalue weighted by atomic mass is 9.89. The molecule has 15 heteroatoms. The third-order valence-electron chi connectivity index (χ3n) is 12.9. The number of nitrogens with zero attached hydrogens (tertiary/aromatic N) is 4. The summed E-state index contributed by atoms with van der Waals surface area (Å²) in [5, 5.41) is 8.92. The molecule has 2 aliphatic heterocycles. The number of hydrogen-bond donors (Lipinski definition) is 4. The normalized spacial score (nSPS) is 20.8. The zero-order valence-corrected chi connectivity index (χ0v) is 39.2. The van der Waals surface area contributed by atoms with Gasteiger partial charge in [0.05, 0.1) is 42.7 Å². The van der Waals surface area contributed by atoms with Gasteiger partial charge in [-0.2, -0.15) is 0 Å². The van der Waals surface area contributed by atoms with Crippen LogP contribution in [-0.2, 0) is 39.9 Å². The molecule has 3 rings (SSSR count). The molecule has 0 aromatic heterocycles. The Morgan fingerprint density at radius 2 is 1.61 bits per heavy atom. The van der Waals surface area contributed by atoms with Crippen LogP contribution in [0.25, 0.3) is 0 Å². The van der Waals surface area contributed by atoms with Crippen molar-refractivity contribution in [1.29, 1.82) is 0 Å². The molecule has 0 unspecified atom stereocenters. The lowest BCUT2D eigenvalue weighted by Crippen LogP contribution is -2.57. The van der Waals surface area contributed by atoms with Gasteiger partial charge < -0.3 is 45.9 Å². The van der Waals surface area contributed by atoms with Crippen LogP contribution < -0.4 is 21.7 Å². The second-order valence-electron chi connectivity index (χ2n) is 17.8. The molecule has 2 heterocycles. The van der Waals surface area contributed by atoms with Crippen molar-refractivity contribution in [2.24, 2.45) is 23.5 Å². The fraction of sp³-hybridized carbons (Fsp3) is 0.717. The van der Waals surface area contributed by atoms with Crippen LogP contribution in [0.15, 0.2) is 36.5 Å². The Labute approximate surface area is 365 Å². The third kappa shape index (κ3) is 13.7. The summed E-state index contributed by atoms with van der Waals surface area (Å²) in [4.78, 5) is 74.8. The predicted octanol–water partition coefficient (Wildman–Crippen LogP) is 3.62. The fourth-order valence-corrected chi connectivity index (χ4v) is 8.90. The topological polar surface area (TPSA) is 179 Å². The highest BCUT2D eigenvalue weighted by Gasteiger charge is 2.43. The maximum absolute atomic E-state index is 14.3. The molecule has 5 amide bonds. The van der Waals surface area contributed by atoms with Crippen LogP contribution in [0.3, 0.4) is 0 Å². The zero-order chi connectivity index (χ0) is 45.7. The van der Waals surface area contributed by atoms with Crippen LogP contribution in [0.2, 0.25) is 0 Å². The van der Waals surface area contributed by atoms with Crippen LogP contribution in [0.1, 0.15) is 92.6 Å². The van der Waals surface area contributed by atoms with Gasteiger partial charge in [0, 0.05) is 58.8 Å². The molecule has 5 N–H and O–H groups in total. The van der Waals surface area contributed by atoms with E-state index in [-0.39, 0.29) is 60.0 Å². The number of benzene rings is 1. The van der Waals surface area contributed by atoms with Crippen LogP contribution in [-0.4, -0.2) is 153 Å². The van der Waals surface area contributed by atoms with E-state index >= 15 is 0 Å². The summed E-state index contributed by atoms with van der Waals surface area (Å²) in [5.41, 5.74) is 7.96. The van der Waals surface area contributed by atoms with Crippen LogP contribution in [0, 0.1) is 17.8 Å². The number of carbonyl (C=O) groups is 5. The maximum atomic E-state index is 14.3. The molecular weight excluding hydrogens is 777 g/mol. The summed E-state index contributed by atoms with van der Waals surface area (Å²) >= 11 is 0. The van der Waals surface area contributed by atoms with Crippen molar-refractivity contribution in [2.75, 3.05) is 60.3 Å². The van der Waals surface area contributed by atoms with Crippen LogP contribution in [0.5, 0.6) is 0 Å². The van der Waals surface area contributed by atoms with E-state index in [9.17, 15) is 24.0 Å². The molecule has 10 atom stereocenters. The number of hydrogen-bond acceptors (Lipinski definition) is 10. The number of amides is 5. The minimum absolute atomic E-state index is 0.00179. The van der Waals surface area contributed by atoms with Crippen molar-refractivity contribution < 1.29 is 33.4 Å². The highest BCUT2D eigenvalue weighted by molar-refractivity contribution is 5.97. The standard InChI is InChI=1S/C46H78N8O7/c1-14-29(4)41(53(11)46(59)40(28(2)3)48-32(7)36-20-16-23-51(36)9)38(60-12)27-39(55)54-24-17-21-37(54)42(61-13)30(5)45(58)52(10)25-22-34-18-15-19-35(26-34)50-44(57)33(8)49-43(56)31(6)47/h15,18-19,26,28-31,33,36-38,40-42,48H,7,14,16-17,20-25,27,47H2,1-6,8-13H3,(H,49,56)(H,50,57)/t29-,30+,31-,33-,36-,37-,38+,40-,41-,42+/m0/s1. The first-order chi connectivity index (χ1) is 28.8. The van der Waals surface area contributed by atoms with Crippen molar-refractivity contribution >= 4 is 35.2 Å². The summed E-state index contributed by atoms with van der Waals surface area (Å²) in [5.74, 6) is -1.52. The number of methoxy groups -OCH3 is 2. The second kappa shape index (κ2) is 24.0. The molecule has 344 valence electrons. The monoisotopic (exact) mass is 855 g/mol. The Morgan fingerprint density at radius 3 is 2.18 bits per heavy atom. The largest absolute Gasteiger partial charge is 0.379 e. The number of rotatable bonds is 23. The van der Waals surface area contributed by atoms with Crippen molar-refractivity contribution in [3.63, 3.8) is 0 Å². The molecule has 0 aliphatic carbocycles. The SMILES string of the molecule is C=C(N[C@H](C(=O)N(C)[C@@H]([C@@H](C)CC)[C@@H](CC(=O)N1CCC[C@H]1[C@H](OC)[C@@H](C)C(=O)N(C)CCc1cccc(NC(=O)[C@H](C)NC(=O)[C@H](C)N)c1)OC)C(C)C)[C@@H]1CCCN1C. The summed E-state index contributed by atoms with van der Waals surface area (Å²) in [6, 6.07) is 4.90. The van der Waals surface area contributed by atoms with E-state index in [4.69, 9.17) is 15.2 Å². The molecule has 0 saturated carbocycles. The third-order valence-corrected chi connectivity index (χ3v) is 12.9. The average Bonchev–Trinajstić information content (AvgIpc) is 3.90. The summed E-state index contributed by atoms with van der Waals surface area (Å²) in [6.45, 7) is 19.5. The highest BCUT2D eigenvalue weighted by atomic mass is 16.5. The van der Waals surface area contributed by atoms with E-state index in [0.29, 0.717) is 31.6 Å². The van der Waals surface area contributed by atoms with Gasteiger partial charge in [-0.15, -0.1) is 0 Å². The van der Waals surface area contributed by atoms with E-state index in [1.54, 1.807) is 51.0 Å². The van der Waals surface area contributed by atoms with E-state index < -0.39 is 42.2 Å². The van der Waals surface area contributed by atoms with Gasteiger partial charge in [0.15, 0.2) is 0 Å². The van der Waals surface area contributed by atoms with Gasteiger partial charge >= 0.3 is 0 Å². The number of anilines is 1. The molecule has 2 saturated heterocycles. The van der Waals surface area contributed by atoms with Crippen molar-refractivity contribution in [3.05, 3.63) is 42.1 Å². The molecule has 61 heavy (non-hydrogen) atoms. The lowest BCUT2D eigenvalue weighted by molar-refractivity contribution is -0.148. The first-order valence-corrected chi connectivity index (χ1v) is 22.3. The molecule has 0 bridgehead atoms. The van der Waals surface area contributed by atoms with Gasteiger partial charge in [0.2, 0.25) is 29.5 Å². The van der Waals surface area contributed by atoms with E-state index in [1.165, 1.54) is 0 Å². The van der Waals surface area contributed by atoms with Crippen molar-refractivity contribution in [1.82, 2.24) is 30.2 Å². The highest BCUT2D eigenvalue weighted by Crippen LogP contribution is 2.30. The Morgan fingerprint density at radius 1 is 0.934 bits per heavy atom. The van der Waals surface area contributed by atoms with Gasteiger partial charge in [-0.05, 0) is 89.1 Å². The lowest BCUT2D eigenvalue weighted by Gasteiger charge is -2.41. The Hall–Kier alpha value is -4.05. The number of ether oxygens (including phenoxy) is 2. The fourth-order valence-electron chi connectivity index (χ4n) is 8.90. The predicted molar refractivity (Wildman–Crippen MR) is 240 cm³/mol. The summed E-state index contributed by atoms with van der Waals surface area (Å²) in [6.07, 6.45) is 3.89. The summed E-state index contributed by atoms with van der Waals surface area (Å²) in [7, 11) is 8.87. The number of likely N-dealkylation sites (tertiary alicyclic amines) is 2. The first kappa shape index (κ1) is 51.3. The van der Waals surface area contributed by atoms with Crippen molar-refractivity contribution in [2.45, 2.75) is 142 Å². The van der Waals surface area contributed by atoms with E-state index in [2.05, 4.69) is 48.3 Å². The smallest absolute Gasteiger partial charge is 0.246 e. The molecule has 1 aromatic rings. The van der Waals surface area contributed by atoms with Gasteiger partial charge in [-0.1, -0.05) is 59.8 Å². The zero-order valence-electron chi connectivity index (χ0n) is 39.2. The van der Waals surface area contributed by atoms with Gasteiger partial charge in [-0.25, -0.2) is 0 Å². The molecule has 0 radical (unpaired) electrons. The molecule has 2 fully saturated rings. The Bertz CT molecular complexity index is 1640. The number of carbonyl (C=O) groups excluding carboxylic acids is 5. The summed E-state index contributed by atoms with van der Waals surface area (Å²) < 4.78 is 12.1. The van der Waals surface area contributed by atoms with Gasteiger partial charge in [-0.3, -0.25) is 28.9 Å². The quantitative estimate of drug-likeness (QED) is 0.127. The number of likely N-dealkylation sites (N-methyl/N-ethyl adjacent to an activating group) is 3. The van der Waals surface area contributed by atoms with E-state index in [1.807, 2.05) is 50.9 Å². The number of nitrogens with two attached hydrogens (primary N) is 1. The molecule has 1 aromatic carbocycles. The van der Waals surface area contributed by atoms with Crippen molar-refractivity contribution in [3.8, 4) is 0 Å². The Balaban J connectivity index is 1.68. The first-order valence-electron chi connectivity index (χ1n) is 22.3. The molecule has 15 nitrogen and oxygen atoms in total. The Kier molecular flexibility index (Phi) is 20.2. The molecular formula is C46H78N8O7. The minimum atomic E-state index is -0.770. The van der Waals surface area contributed by atoms with Gasteiger partial charge in [0.1, 0.15) is 12.1 Å². The second-order valence-corrected chi connectivity index (χ2v) is 17.8. The van der Waals surface area contributed by atoms with Gasteiger partial charge in [0.25, 0.3) is 0 Å². The molecule has 0 spiro atoms. The van der Waals surface area contributed by atoms with E-state index in [0.717, 1.165) is 43.5 Å². The molecule has 2 aliphatic rings. The average molecular weight is 855 g/mol. The van der Waals surface area contributed by atoms with Crippen LogP contribution in [0.4, 0.5) is 5.69 Å².